The predicted octanol–water partition coefficient (Wildman–Crippen LogP) is 4.65. The van der Waals surface area contributed by atoms with Crippen LogP contribution in [0.5, 0.6) is 0 Å². The largest absolute Gasteiger partial charge is 0.252 e. The average molecular weight is 364 g/mol. The van der Waals surface area contributed by atoms with Crippen LogP contribution in [0.15, 0.2) is 42.2 Å². The minimum Gasteiger partial charge on any atom is -0.252 e. The quantitative estimate of drug-likeness (QED) is 0.629. The third kappa shape index (κ3) is 1.52. The van der Waals surface area contributed by atoms with Crippen LogP contribution in [0.1, 0.15) is 16.8 Å². The van der Waals surface area contributed by atoms with Gasteiger partial charge in [0.15, 0.2) is 0 Å². The molecule has 3 rings (SSSR count). The van der Waals surface area contributed by atoms with Gasteiger partial charge in [0, 0.05) is 43.6 Å². The van der Waals surface area contributed by atoms with Crippen LogP contribution in [0.25, 0.3) is 21.3 Å². The van der Waals surface area contributed by atoms with E-state index in [1.165, 1.54) is 0 Å². The zero-order valence-corrected chi connectivity index (χ0v) is 12.5. The minimum absolute atomic E-state index is 0.820. The lowest BCUT2D eigenvalue weighted by Crippen LogP contribution is -1.89. The summed E-state index contributed by atoms with van der Waals surface area (Å²) in [6, 6.07) is 4.03. The van der Waals surface area contributed by atoms with Crippen molar-refractivity contribution >= 4 is 41.9 Å². The Morgan fingerprint density at radius 1 is 1.11 bits per heavy atom. The van der Waals surface area contributed by atoms with Crippen molar-refractivity contribution in [2.75, 3.05) is 0 Å². The topological polar surface area (TPSA) is 25.8 Å². The van der Waals surface area contributed by atoms with Gasteiger partial charge in [-0.3, -0.25) is 9.97 Å². The lowest BCUT2D eigenvalue weighted by molar-refractivity contribution is 1.19. The van der Waals surface area contributed by atoms with Gasteiger partial charge in [0.05, 0.1) is 11.4 Å². The molecule has 1 aliphatic rings. The van der Waals surface area contributed by atoms with Gasteiger partial charge in [-0.05, 0) is 6.07 Å². The Morgan fingerprint density at radius 3 is 2.44 bits per heavy atom. The summed E-state index contributed by atoms with van der Waals surface area (Å²) in [5.41, 5.74) is 5.75. The summed E-state index contributed by atoms with van der Waals surface area (Å²) in [6.07, 6.45) is 3.39. The van der Waals surface area contributed by atoms with E-state index >= 15 is 0 Å². The van der Waals surface area contributed by atoms with Crippen molar-refractivity contribution in [2.24, 2.45) is 0 Å². The second-order valence-electron chi connectivity index (χ2n) is 3.98. The van der Waals surface area contributed by atoms with E-state index in [-0.39, 0.29) is 0 Å². The monoisotopic (exact) mass is 362 g/mol. The van der Waals surface area contributed by atoms with E-state index in [9.17, 15) is 0 Å². The third-order valence-corrected chi connectivity index (χ3v) is 4.02. The second kappa shape index (κ2) is 4.14. The fraction of sp³-hybridized carbons (Fsp3) is 0. The first-order valence-corrected chi connectivity index (χ1v) is 6.88. The Labute approximate surface area is 122 Å². The summed E-state index contributed by atoms with van der Waals surface area (Å²) in [5, 5.41) is 0. The molecule has 0 N–H and O–H groups in total. The Bertz CT molecular complexity index is 705. The van der Waals surface area contributed by atoms with Crippen molar-refractivity contribution < 1.29 is 0 Å². The van der Waals surface area contributed by atoms with Crippen LogP contribution in [0.3, 0.4) is 0 Å². The zero-order chi connectivity index (χ0) is 12.9. The van der Waals surface area contributed by atoms with E-state index < -0.39 is 0 Å². The number of nitrogens with zero attached hydrogens (tertiary/aromatic N) is 2. The molecule has 4 heteroatoms. The highest BCUT2D eigenvalue weighted by atomic mass is 79.9. The van der Waals surface area contributed by atoms with Crippen LogP contribution >= 0.6 is 31.9 Å². The lowest BCUT2D eigenvalue weighted by atomic mass is 10.0. The molecule has 2 nitrogen and oxygen atoms in total. The smallest absolute Gasteiger partial charge is 0.0971 e. The van der Waals surface area contributed by atoms with E-state index in [1.54, 1.807) is 12.4 Å². The highest BCUT2D eigenvalue weighted by Crippen LogP contribution is 2.47. The van der Waals surface area contributed by atoms with E-state index in [0.717, 1.165) is 42.6 Å². The van der Waals surface area contributed by atoms with E-state index in [2.05, 4.69) is 55.0 Å². The molecule has 18 heavy (non-hydrogen) atoms. The zero-order valence-electron chi connectivity index (χ0n) is 9.37. The van der Waals surface area contributed by atoms with E-state index in [4.69, 9.17) is 0 Å². The molecular weight excluding hydrogens is 356 g/mol. The molecule has 0 amide bonds. The van der Waals surface area contributed by atoms with Gasteiger partial charge in [0.2, 0.25) is 0 Å². The molecule has 1 aromatic heterocycles. The first-order chi connectivity index (χ1) is 8.61. The third-order valence-electron chi connectivity index (χ3n) is 2.97. The maximum atomic E-state index is 4.40. The average Bonchev–Trinajstić information content (AvgIpc) is 2.63. The fourth-order valence-corrected chi connectivity index (χ4v) is 3.48. The molecule has 0 fully saturated rings. The van der Waals surface area contributed by atoms with Gasteiger partial charge in [0.1, 0.15) is 0 Å². The lowest BCUT2D eigenvalue weighted by Gasteiger charge is -2.10. The van der Waals surface area contributed by atoms with Crippen LogP contribution in [0, 0.1) is 0 Å². The number of halogens is 2. The van der Waals surface area contributed by atoms with Gasteiger partial charge in [-0.1, -0.05) is 51.1 Å². The first kappa shape index (κ1) is 11.8. The Morgan fingerprint density at radius 2 is 1.78 bits per heavy atom. The molecule has 0 saturated heterocycles. The minimum atomic E-state index is 0.820. The number of hydrogen-bond donors (Lipinski definition) is 0. The van der Waals surface area contributed by atoms with Crippen molar-refractivity contribution in [2.45, 2.75) is 0 Å². The molecule has 0 saturated carbocycles. The molecule has 1 aromatic carbocycles. The molecule has 1 heterocycles. The van der Waals surface area contributed by atoms with Crippen molar-refractivity contribution in [3.05, 3.63) is 59.0 Å². The molecule has 0 spiro atoms. The van der Waals surface area contributed by atoms with Gasteiger partial charge in [-0.25, -0.2) is 0 Å². The number of fused-ring (bicyclic) bond motifs is 3. The van der Waals surface area contributed by atoms with Crippen molar-refractivity contribution in [3.63, 3.8) is 0 Å². The molecule has 1 aliphatic carbocycles. The molecule has 0 aliphatic heterocycles. The van der Waals surface area contributed by atoms with E-state index in [1.807, 2.05) is 12.1 Å². The molecule has 88 valence electrons. The van der Waals surface area contributed by atoms with Crippen molar-refractivity contribution in [1.29, 1.82) is 0 Å². The van der Waals surface area contributed by atoms with Crippen LogP contribution < -0.4 is 0 Å². The SMILES string of the molecule is C=C(Br)c1c(Br)ccc2c1C(=C)c1nccnc1-2. The maximum absolute atomic E-state index is 4.40. The number of rotatable bonds is 1. The van der Waals surface area contributed by atoms with Crippen molar-refractivity contribution in [1.82, 2.24) is 9.97 Å². The molecule has 0 radical (unpaired) electrons. The summed E-state index contributed by atoms with van der Waals surface area (Å²) in [7, 11) is 0. The van der Waals surface area contributed by atoms with Gasteiger partial charge >= 0.3 is 0 Å². The summed E-state index contributed by atoms with van der Waals surface area (Å²) < 4.78 is 1.80. The number of hydrogen-bond acceptors (Lipinski definition) is 2. The van der Waals surface area contributed by atoms with Gasteiger partial charge < -0.3 is 0 Å². The first-order valence-electron chi connectivity index (χ1n) is 5.29. The highest BCUT2D eigenvalue weighted by Gasteiger charge is 2.28. The molecule has 2 aromatic rings. The van der Waals surface area contributed by atoms with E-state index in [0.29, 0.717) is 0 Å². The number of benzene rings is 1. The Hall–Kier alpha value is -1.26. The molecule has 0 unspecified atom stereocenters. The molecular formula is C14H8Br2N2. The van der Waals surface area contributed by atoms with Crippen LogP contribution in [-0.2, 0) is 0 Å². The predicted molar refractivity (Wildman–Crippen MR) is 81.3 cm³/mol. The summed E-state index contributed by atoms with van der Waals surface area (Å²) in [5.74, 6) is 0. The Kier molecular flexibility index (Phi) is 2.72. The van der Waals surface area contributed by atoms with Crippen LogP contribution in [0.2, 0.25) is 0 Å². The standard InChI is InChI=1S/C14H8Br2N2/c1-7-11-9(14-13(7)17-5-6-18-14)3-4-10(16)12(11)8(2)15/h3-6H,1-2H2. The van der Waals surface area contributed by atoms with Gasteiger partial charge in [0.25, 0.3) is 0 Å². The van der Waals surface area contributed by atoms with Gasteiger partial charge in [-0.2, -0.15) is 0 Å². The van der Waals surface area contributed by atoms with Crippen LogP contribution in [0.4, 0.5) is 0 Å². The van der Waals surface area contributed by atoms with Crippen molar-refractivity contribution in [3.8, 4) is 11.3 Å². The molecule has 0 atom stereocenters. The van der Waals surface area contributed by atoms with Crippen LogP contribution in [-0.4, -0.2) is 9.97 Å². The Balaban J connectivity index is 2.41. The summed E-state index contributed by atoms with van der Waals surface area (Å²) in [6.45, 7) is 8.10. The molecule has 0 bridgehead atoms. The highest BCUT2D eigenvalue weighted by molar-refractivity contribution is 9.15. The van der Waals surface area contributed by atoms with Gasteiger partial charge in [-0.15, -0.1) is 0 Å². The summed E-state index contributed by atoms with van der Waals surface area (Å²) >= 11 is 7.00. The fourth-order valence-electron chi connectivity index (χ4n) is 2.23. The summed E-state index contributed by atoms with van der Waals surface area (Å²) in [4.78, 5) is 8.76. The second-order valence-corrected chi connectivity index (χ2v) is 5.79. The maximum Gasteiger partial charge on any atom is 0.0971 e. The normalized spacial score (nSPS) is 12.2. The number of aromatic nitrogens is 2.